The van der Waals surface area contributed by atoms with Crippen LogP contribution in [0.15, 0.2) is 133 Å². The van der Waals surface area contributed by atoms with Crippen LogP contribution in [0.2, 0.25) is 0 Å². The number of benzene rings is 4. The Morgan fingerprint density at radius 1 is 0.514 bits per heavy atom. The van der Waals surface area contributed by atoms with Gasteiger partial charge in [-0.15, -0.1) is 99.0 Å². The first kappa shape index (κ1) is 30.7. The van der Waals surface area contributed by atoms with Gasteiger partial charge in [0.05, 0.1) is 0 Å². The van der Waals surface area contributed by atoms with Gasteiger partial charge in [-0.2, -0.15) is 35.0 Å². The topological polar surface area (TPSA) is 0 Å². The van der Waals surface area contributed by atoms with Crippen molar-refractivity contribution in [1.82, 2.24) is 0 Å². The molecule has 0 amide bonds. The summed E-state index contributed by atoms with van der Waals surface area (Å²) >= 11 is 0. The van der Waals surface area contributed by atoms with Crippen LogP contribution in [0.1, 0.15) is 25.3 Å². The zero-order chi connectivity index (χ0) is 23.3. The Balaban J connectivity index is 0.000000199. The average molecular weight is 600 g/mol. The molecule has 3 heteroatoms. The molecule has 0 spiro atoms. The molecule has 0 saturated carbocycles. The Morgan fingerprint density at radius 3 is 1.54 bits per heavy atom. The van der Waals surface area contributed by atoms with Crippen LogP contribution >= 0.6 is 0 Å². The summed E-state index contributed by atoms with van der Waals surface area (Å²) in [5.41, 5.74) is 1.42. The van der Waals surface area contributed by atoms with Crippen molar-refractivity contribution in [3.8, 4) is 0 Å². The fourth-order valence-corrected chi connectivity index (χ4v) is 4.48. The predicted octanol–water partition coefficient (Wildman–Crippen LogP) is 3.96. The molecule has 0 atom stereocenters. The van der Waals surface area contributed by atoms with E-state index in [0.717, 1.165) is 0 Å². The first-order chi connectivity index (χ1) is 16.7. The van der Waals surface area contributed by atoms with Crippen molar-refractivity contribution < 1.29 is 51.0 Å². The normalized spacial score (nSPS) is 10.0. The molecule has 0 unspecified atom stereocenters. The Morgan fingerprint density at radius 2 is 1.00 bits per heavy atom. The van der Waals surface area contributed by atoms with Crippen LogP contribution in [0.25, 0.3) is 43.1 Å². The second-order valence-electron chi connectivity index (χ2n) is 9.04. The third-order valence-corrected chi connectivity index (χ3v) is 6.40. The van der Waals surface area contributed by atoms with Crippen molar-refractivity contribution in [2.24, 2.45) is 0 Å². The van der Waals surface area contributed by atoms with Crippen molar-refractivity contribution >= 4 is 43.1 Å². The van der Waals surface area contributed by atoms with Gasteiger partial charge in [-0.25, -0.2) is 0 Å². The first-order valence-corrected chi connectivity index (χ1v) is 12.0. The Kier molecular flexibility index (Phi) is 11.9. The zero-order valence-electron chi connectivity index (χ0n) is 21.0. The number of halogens is 2. The molecule has 7 aromatic carbocycles. The molecule has 0 aliphatic rings. The summed E-state index contributed by atoms with van der Waals surface area (Å²) in [5, 5.41) is 10.8. The minimum absolute atomic E-state index is 0. The maximum Gasteiger partial charge on any atom is 2.00 e. The van der Waals surface area contributed by atoms with Crippen molar-refractivity contribution in [2.45, 2.75) is 19.8 Å². The second kappa shape index (κ2) is 14.4. The van der Waals surface area contributed by atoms with E-state index >= 15 is 0 Å². The summed E-state index contributed by atoms with van der Waals surface area (Å²) in [5.74, 6) is 0.599. The van der Waals surface area contributed by atoms with E-state index in [-0.39, 0.29) is 51.0 Å². The standard InChI is InChI=1S/C16H15.2C9H7.2ClH.Zr/c1-11(2)12-7-8-16-14(9-12)10-13-5-3-4-6-15(13)16;2*1-2-5-9-7-3-6-8(9)4-1;;;/h3-11H,1-2H3;2*1-7H;2*1H;/q3*-1;;;+2/p-2. The summed E-state index contributed by atoms with van der Waals surface area (Å²) < 4.78 is 0. The molecule has 37 heavy (non-hydrogen) atoms. The number of hydrogen-bond donors (Lipinski definition) is 0. The van der Waals surface area contributed by atoms with Gasteiger partial charge < -0.3 is 24.8 Å². The summed E-state index contributed by atoms with van der Waals surface area (Å²) in [7, 11) is 0. The summed E-state index contributed by atoms with van der Waals surface area (Å²) in [6, 6.07) is 47.1. The predicted molar refractivity (Wildman–Crippen MR) is 150 cm³/mol. The van der Waals surface area contributed by atoms with Crippen LogP contribution in [0.5, 0.6) is 0 Å². The van der Waals surface area contributed by atoms with E-state index in [2.05, 4.69) is 147 Å². The molecule has 0 fully saturated rings. The third kappa shape index (κ3) is 7.26. The van der Waals surface area contributed by atoms with Gasteiger partial charge >= 0.3 is 26.2 Å². The van der Waals surface area contributed by atoms with Gasteiger partial charge in [0, 0.05) is 0 Å². The molecule has 7 rings (SSSR count). The summed E-state index contributed by atoms with van der Waals surface area (Å²) in [6.45, 7) is 4.48. The Bertz CT molecular complexity index is 1520. The van der Waals surface area contributed by atoms with E-state index in [1.807, 2.05) is 0 Å². The van der Waals surface area contributed by atoms with Crippen LogP contribution in [-0.4, -0.2) is 0 Å². The fourth-order valence-electron chi connectivity index (χ4n) is 4.48. The largest absolute Gasteiger partial charge is 2.00 e. The van der Waals surface area contributed by atoms with Gasteiger partial charge in [-0.3, -0.25) is 0 Å². The van der Waals surface area contributed by atoms with E-state index in [4.69, 9.17) is 0 Å². The molecule has 0 aliphatic carbocycles. The molecule has 0 aliphatic heterocycles. The Labute approximate surface area is 251 Å². The Hall–Kier alpha value is -2.57. The SMILES string of the molecule is CC(C)c1ccc2c(c1)[cH-]c1ccccc12.[Cl-].[Cl-].[Zr+2].c1ccc2[cH-]ccc2c1.c1ccc2[cH-]ccc2c1. The minimum atomic E-state index is 0. The van der Waals surface area contributed by atoms with E-state index < -0.39 is 0 Å². The monoisotopic (exact) mass is 597 g/mol. The summed E-state index contributed by atoms with van der Waals surface area (Å²) in [4.78, 5) is 0. The van der Waals surface area contributed by atoms with Crippen LogP contribution in [0.4, 0.5) is 0 Å². The third-order valence-electron chi connectivity index (χ3n) is 6.40. The van der Waals surface area contributed by atoms with Crippen LogP contribution < -0.4 is 24.8 Å². The van der Waals surface area contributed by atoms with Gasteiger partial charge in [0.25, 0.3) is 0 Å². The zero-order valence-corrected chi connectivity index (χ0v) is 25.0. The fraction of sp³-hybridized carbons (Fsp3) is 0.0882. The quantitative estimate of drug-likeness (QED) is 0.251. The summed E-state index contributed by atoms with van der Waals surface area (Å²) in [6.07, 6.45) is 0. The van der Waals surface area contributed by atoms with Gasteiger partial charge in [-0.1, -0.05) is 61.9 Å². The molecule has 0 N–H and O–H groups in total. The van der Waals surface area contributed by atoms with Crippen molar-refractivity contribution in [3.63, 3.8) is 0 Å². The number of hydrogen-bond acceptors (Lipinski definition) is 0. The second-order valence-corrected chi connectivity index (χ2v) is 9.04. The van der Waals surface area contributed by atoms with E-state index in [1.165, 1.54) is 48.7 Å². The van der Waals surface area contributed by atoms with E-state index in [0.29, 0.717) is 5.92 Å². The number of rotatable bonds is 1. The van der Waals surface area contributed by atoms with Crippen LogP contribution in [0.3, 0.4) is 0 Å². The molecule has 0 bridgehead atoms. The maximum atomic E-state index is 2.32. The maximum absolute atomic E-state index is 2.32. The first-order valence-electron chi connectivity index (χ1n) is 12.0. The van der Waals surface area contributed by atoms with Crippen LogP contribution in [-0.2, 0) is 26.2 Å². The molecule has 0 heterocycles. The molecule has 7 aromatic rings. The van der Waals surface area contributed by atoms with E-state index in [1.54, 1.807) is 0 Å². The molecular formula is C34H29Cl2Zr-3. The van der Waals surface area contributed by atoms with Crippen molar-refractivity contribution in [2.75, 3.05) is 0 Å². The molecule has 0 nitrogen and oxygen atoms in total. The molecule has 186 valence electrons. The van der Waals surface area contributed by atoms with Gasteiger partial charge in [0.2, 0.25) is 0 Å². The minimum Gasteiger partial charge on any atom is -1.00 e. The van der Waals surface area contributed by atoms with Gasteiger partial charge in [-0.05, 0) is 5.92 Å². The number of fused-ring (bicyclic) bond motifs is 5. The van der Waals surface area contributed by atoms with Crippen LogP contribution in [0, 0.1) is 0 Å². The van der Waals surface area contributed by atoms with E-state index in [9.17, 15) is 0 Å². The van der Waals surface area contributed by atoms with Crippen molar-refractivity contribution in [1.29, 1.82) is 0 Å². The smallest absolute Gasteiger partial charge is 1.00 e. The molecule has 0 aromatic heterocycles. The van der Waals surface area contributed by atoms with Gasteiger partial charge in [0.1, 0.15) is 0 Å². The molecular weight excluding hydrogens is 571 g/mol. The molecule has 0 saturated heterocycles. The average Bonchev–Trinajstić information content (AvgIpc) is 3.62. The van der Waals surface area contributed by atoms with Crippen molar-refractivity contribution in [3.05, 3.63) is 139 Å². The van der Waals surface area contributed by atoms with Gasteiger partial charge in [0.15, 0.2) is 0 Å². The molecule has 0 radical (unpaired) electrons.